The zero-order chi connectivity index (χ0) is 18.9. The summed E-state index contributed by atoms with van der Waals surface area (Å²) in [6, 6.07) is 6.53. The topological polar surface area (TPSA) is 101 Å². The molecule has 2 aromatic rings. The van der Waals surface area contributed by atoms with E-state index in [2.05, 4.69) is 20.6 Å². The molecule has 2 N–H and O–H groups in total. The average Bonchev–Trinajstić information content (AvgIpc) is 2.88. The Morgan fingerprint density at radius 2 is 2.00 bits per heavy atom. The summed E-state index contributed by atoms with van der Waals surface area (Å²) in [6.07, 6.45) is 0.505. The summed E-state index contributed by atoms with van der Waals surface area (Å²) in [7, 11) is -3.01. The van der Waals surface area contributed by atoms with E-state index in [-0.39, 0.29) is 35.1 Å². The predicted molar refractivity (Wildman–Crippen MR) is 102 cm³/mol. The van der Waals surface area contributed by atoms with E-state index in [0.717, 1.165) is 5.56 Å². The van der Waals surface area contributed by atoms with E-state index in [1.807, 2.05) is 6.92 Å². The van der Waals surface area contributed by atoms with Crippen molar-refractivity contribution in [2.45, 2.75) is 26.3 Å². The van der Waals surface area contributed by atoms with E-state index in [9.17, 15) is 13.2 Å². The van der Waals surface area contributed by atoms with Crippen LogP contribution in [0.15, 0.2) is 24.3 Å². The molecule has 0 spiro atoms. The number of carbonyl (C=O) groups is 1. The molecule has 1 amide bonds. The first-order chi connectivity index (χ1) is 12.2. The van der Waals surface area contributed by atoms with Crippen molar-refractivity contribution in [3.05, 3.63) is 46.2 Å². The lowest BCUT2D eigenvalue weighted by molar-refractivity contribution is 0.102. The molecule has 1 atom stereocenters. The highest BCUT2D eigenvalue weighted by Gasteiger charge is 2.28. The molecule has 1 fully saturated rings. The van der Waals surface area contributed by atoms with Gasteiger partial charge in [-0.15, -0.1) is 0 Å². The van der Waals surface area contributed by atoms with Gasteiger partial charge >= 0.3 is 0 Å². The number of aryl methyl sites for hydroxylation is 2. The Morgan fingerprint density at radius 3 is 2.65 bits per heavy atom. The van der Waals surface area contributed by atoms with Gasteiger partial charge in [-0.2, -0.15) is 0 Å². The minimum atomic E-state index is -3.01. The van der Waals surface area contributed by atoms with E-state index in [1.54, 1.807) is 31.2 Å². The second kappa shape index (κ2) is 7.20. The van der Waals surface area contributed by atoms with Crippen molar-refractivity contribution in [3.63, 3.8) is 0 Å². The molecule has 1 aliphatic heterocycles. The Balaban J connectivity index is 1.77. The fourth-order valence-corrected chi connectivity index (χ4v) is 4.69. The molecule has 1 aliphatic rings. The van der Waals surface area contributed by atoms with Crippen molar-refractivity contribution >= 4 is 39.0 Å². The van der Waals surface area contributed by atoms with Crippen molar-refractivity contribution in [2.75, 3.05) is 22.1 Å². The summed E-state index contributed by atoms with van der Waals surface area (Å²) in [5, 5.41) is 6.41. The third kappa shape index (κ3) is 4.50. The maximum Gasteiger partial charge on any atom is 0.274 e. The van der Waals surface area contributed by atoms with Crippen LogP contribution in [0.5, 0.6) is 0 Å². The van der Waals surface area contributed by atoms with Crippen molar-refractivity contribution in [1.82, 2.24) is 9.97 Å². The van der Waals surface area contributed by atoms with Gasteiger partial charge in [-0.3, -0.25) is 4.79 Å². The van der Waals surface area contributed by atoms with Crippen LogP contribution in [0.4, 0.5) is 11.6 Å². The van der Waals surface area contributed by atoms with Gasteiger partial charge in [-0.25, -0.2) is 18.4 Å². The highest BCUT2D eigenvalue weighted by atomic mass is 35.5. The molecule has 1 saturated heterocycles. The molecule has 2 heterocycles. The molecule has 0 saturated carbocycles. The minimum absolute atomic E-state index is 0.0514. The number of hydrogen-bond acceptors (Lipinski definition) is 6. The van der Waals surface area contributed by atoms with Crippen LogP contribution in [0.1, 0.15) is 28.2 Å². The van der Waals surface area contributed by atoms with Crippen LogP contribution >= 0.6 is 11.6 Å². The lowest BCUT2D eigenvalue weighted by Crippen LogP contribution is -2.23. The van der Waals surface area contributed by atoms with E-state index in [1.165, 1.54) is 0 Å². The summed E-state index contributed by atoms with van der Waals surface area (Å²) in [4.78, 5) is 21.0. The number of aromatic nitrogens is 2. The predicted octanol–water partition coefficient (Wildman–Crippen LogP) is 2.60. The van der Waals surface area contributed by atoms with Crippen molar-refractivity contribution < 1.29 is 13.2 Å². The van der Waals surface area contributed by atoms with Gasteiger partial charge in [0.2, 0.25) is 5.95 Å². The van der Waals surface area contributed by atoms with E-state index < -0.39 is 9.84 Å². The summed E-state index contributed by atoms with van der Waals surface area (Å²) in [5.74, 6) is 0.0863. The SMILES string of the molecule is Cc1cc(C(=O)Nc2ccc(Cl)cc2C)nc(NC2CCS(=O)(=O)C2)n1. The molecule has 1 aromatic heterocycles. The standard InChI is InChI=1S/C17H19ClN4O3S/c1-10-7-12(18)3-4-14(10)21-16(23)15-8-11(2)19-17(22-15)20-13-5-6-26(24,25)9-13/h3-4,7-8,13H,5-6,9H2,1-2H3,(H,21,23)(H,19,20,22). The van der Waals surface area contributed by atoms with Gasteiger partial charge < -0.3 is 10.6 Å². The van der Waals surface area contributed by atoms with Gasteiger partial charge in [0.1, 0.15) is 5.69 Å². The normalized spacial score (nSPS) is 18.5. The Labute approximate surface area is 157 Å². The van der Waals surface area contributed by atoms with Crippen LogP contribution in [-0.2, 0) is 9.84 Å². The van der Waals surface area contributed by atoms with Gasteiger partial charge in [-0.1, -0.05) is 11.6 Å². The number of anilines is 2. The molecular weight excluding hydrogens is 376 g/mol. The first-order valence-electron chi connectivity index (χ1n) is 8.12. The fourth-order valence-electron chi connectivity index (χ4n) is 2.79. The zero-order valence-corrected chi connectivity index (χ0v) is 16.0. The molecule has 0 radical (unpaired) electrons. The number of sulfone groups is 1. The molecule has 138 valence electrons. The Morgan fingerprint density at radius 1 is 1.23 bits per heavy atom. The van der Waals surface area contributed by atoms with Crippen molar-refractivity contribution in [1.29, 1.82) is 0 Å². The van der Waals surface area contributed by atoms with Gasteiger partial charge in [0, 0.05) is 22.4 Å². The molecule has 26 heavy (non-hydrogen) atoms. The molecular formula is C17H19ClN4O3S. The number of nitrogens with one attached hydrogen (secondary N) is 2. The highest BCUT2D eigenvalue weighted by molar-refractivity contribution is 7.91. The van der Waals surface area contributed by atoms with E-state index in [4.69, 9.17) is 11.6 Å². The summed E-state index contributed by atoms with van der Waals surface area (Å²) in [5.41, 5.74) is 2.30. The van der Waals surface area contributed by atoms with Crippen LogP contribution < -0.4 is 10.6 Å². The van der Waals surface area contributed by atoms with Crippen LogP contribution in [0.2, 0.25) is 5.02 Å². The molecule has 9 heteroatoms. The molecule has 7 nitrogen and oxygen atoms in total. The summed E-state index contributed by atoms with van der Waals surface area (Å²) in [6.45, 7) is 3.60. The van der Waals surface area contributed by atoms with Crippen LogP contribution in [0.25, 0.3) is 0 Å². The minimum Gasteiger partial charge on any atom is -0.350 e. The molecule has 0 aliphatic carbocycles. The van der Waals surface area contributed by atoms with Crippen LogP contribution in [0.3, 0.4) is 0 Å². The highest BCUT2D eigenvalue weighted by Crippen LogP contribution is 2.21. The number of rotatable bonds is 4. The van der Waals surface area contributed by atoms with E-state index in [0.29, 0.717) is 22.8 Å². The monoisotopic (exact) mass is 394 g/mol. The second-order valence-electron chi connectivity index (χ2n) is 6.38. The quantitative estimate of drug-likeness (QED) is 0.826. The van der Waals surface area contributed by atoms with Gasteiger partial charge in [-0.05, 0) is 50.1 Å². The van der Waals surface area contributed by atoms with Crippen molar-refractivity contribution in [3.8, 4) is 0 Å². The molecule has 1 aromatic carbocycles. The van der Waals surface area contributed by atoms with Gasteiger partial charge in [0.25, 0.3) is 5.91 Å². The largest absolute Gasteiger partial charge is 0.350 e. The number of carbonyl (C=O) groups excluding carboxylic acids is 1. The lowest BCUT2D eigenvalue weighted by Gasteiger charge is -2.13. The second-order valence-corrected chi connectivity index (χ2v) is 9.04. The maximum atomic E-state index is 12.5. The fraction of sp³-hybridized carbons (Fsp3) is 0.353. The van der Waals surface area contributed by atoms with Crippen LogP contribution in [0, 0.1) is 13.8 Å². The first-order valence-corrected chi connectivity index (χ1v) is 10.3. The van der Waals surface area contributed by atoms with E-state index >= 15 is 0 Å². The number of benzene rings is 1. The Kier molecular flexibility index (Phi) is 5.15. The zero-order valence-electron chi connectivity index (χ0n) is 14.4. The first kappa shape index (κ1) is 18.6. The summed E-state index contributed by atoms with van der Waals surface area (Å²) < 4.78 is 23.2. The average molecular weight is 395 g/mol. The van der Waals surface area contributed by atoms with Gasteiger partial charge in [0.15, 0.2) is 9.84 Å². The van der Waals surface area contributed by atoms with Crippen LogP contribution in [-0.4, -0.2) is 41.8 Å². The van der Waals surface area contributed by atoms with Gasteiger partial charge in [0.05, 0.1) is 11.5 Å². The Hall–Kier alpha value is -2.19. The smallest absolute Gasteiger partial charge is 0.274 e. The molecule has 1 unspecified atom stereocenters. The number of hydrogen-bond donors (Lipinski definition) is 2. The number of halogens is 1. The lowest BCUT2D eigenvalue weighted by atomic mass is 10.2. The Bertz CT molecular complexity index is 962. The molecule has 3 rings (SSSR count). The maximum absolute atomic E-state index is 12.5. The van der Waals surface area contributed by atoms with Crippen molar-refractivity contribution in [2.24, 2.45) is 0 Å². The molecule has 0 bridgehead atoms. The summed E-state index contributed by atoms with van der Waals surface area (Å²) >= 11 is 5.93. The number of amides is 1. The third-order valence-corrected chi connectivity index (χ3v) is 6.09. The number of nitrogens with zero attached hydrogens (tertiary/aromatic N) is 2. The third-order valence-electron chi connectivity index (χ3n) is 4.09.